The molecule has 2 nitrogen and oxygen atoms in total. The van der Waals surface area contributed by atoms with Gasteiger partial charge in [0, 0.05) is 0 Å². The van der Waals surface area contributed by atoms with Crippen molar-refractivity contribution < 1.29 is 9.90 Å². The standard InChI is InChI=1S/C9H12O2/c1-3-5-8(6-4-2)7-9(10)11/h3-6H,1,7H2,2H3,(H,10,11). The molecule has 11 heavy (non-hydrogen) atoms. The Morgan fingerprint density at radius 1 is 1.64 bits per heavy atom. The first-order chi connectivity index (χ1) is 5.20. The molecule has 0 saturated heterocycles. The first kappa shape index (κ1) is 9.69. The highest BCUT2D eigenvalue weighted by molar-refractivity contribution is 5.71. The molecule has 0 amide bonds. The van der Waals surface area contributed by atoms with Crippen LogP contribution in [0.15, 0.2) is 36.5 Å². The lowest BCUT2D eigenvalue weighted by molar-refractivity contribution is -0.136. The fraction of sp³-hybridized carbons (Fsp3) is 0.222. The van der Waals surface area contributed by atoms with Crippen LogP contribution in [0.2, 0.25) is 0 Å². The lowest BCUT2D eigenvalue weighted by atomic mass is 10.1. The van der Waals surface area contributed by atoms with Crippen LogP contribution in [0.1, 0.15) is 13.3 Å². The molecule has 0 saturated carbocycles. The van der Waals surface area contributed by atoms with E-state index in [0.717, 1.165) is 5.57 Å². The van der Waals surface area contributed by atoms with E-state index in [4.69, 9.17) is 5.11 Å². The molecule has 0 heterocycles. The highest BCUT2D eigenvalue weighted by atomic mass is 16.4. The Morgan fingerprint density at radius 2 is 2.27 bits per heavy atom. The molecule has 60 valence electrons. The average Bonchev–Trinajstić information content (AvgIpc) is 1.87. The summed E-state index contributed by atoms with van der Waals surface area (Å²) >= 11 is 0. The molecule has 0 fully saturated rings. The van der Waals surface area contributed by atoms with Gasteiger partial charge in [-0.1, -0.05) is 30.9 Å². The molecule has 0 spiro atoms. The van der Waals surface area contributed by atoms with Crippen molar-refractivity contribution in [2.75, 3.05) is 0 Å². The van der Waals surface area contributed by atoms with E-state index in [9.17, 15) is 4.79 Å². The van der Waals surface area contributed by atoms with Crippen LogP contribution < -0.4 is 0 Å². The van der Waals surface area contributed by atoms with Crippen molar-refractivity contribution in [3.05, 3.63) is 36.5 Å². The number of rotatable bonds is 4. The highest BCUT2D eigenvalue weighted by Crippen LogP contribution is 2.03. The van der Waals surface area contributed by atoms with Gasteiger partial charge in [0.1, 0.15) is 0 Å². The predicted octanol–water partition coefficient (Wildman–Crippen LogP) is 2.15. The molecule has 0 aromatic heterocycles. The second-order valence-electron chi connectivity index (χ2n) is 2.05. The highest BCUT2D eigenvalue weighted by Gasteiger charge is 1.97. The van der Waals surface area contributed by atoms with Crippen LogP contribution in [0.3, 0.4) is 0 Å². The van der Waals surface area contributed by atoms with E-state index < -0.39 is 5.97 Å². The number of allylic oxidation sites excluding steroid dienone is 4. The van der Waals surface area contributed by atoms with Gasteiger partial charge >= 0.3 is 5.97 Å². The molecule has 0 aliphatic heterocycles. The Bertz CT molecular complexity index is 200. The molecule has 0 aliphatic carbocycles. The fourth-order valence-electron chi connectivity index (χ4n) is 0.713. The SMILES string of the molecule is C=CC=C(C=CC)CC(=O)O. The third kappa shape index (κ3) is 5.15. The van der Waals surface area contributed by atoms with E-state index >= 15 is 0 Å². The zero-order valence-electron chi connectivity index (χ0n) is 6.58. The minimum atomic E-state index is -0.823. The van der Waals surface area contributed by atoms with Gasteiger partial charge < -0.3 is 5.11 Å². The number of hydrogen-bond acceptors (Lipinski definition) is 1. The molecule has 0 rings (SSSR count). The summed E-state index contributed by atoms with van der Waals surface area (Å²) in [6, 6.07) is 0. The summed E-state index contributed by atoms with van der Waals surface area (Å²) in [6.45, 7) is 5.33. The van der Waals surface area contributed by atoms with Crippen LogP contribution in [-0.4, -0.2) is 11.1 Å². The van der Waals surface area contributed by atoms with Crippen LogP contribution in [0, 0.1) is 0 Å². The van der Waals surface area contributed by atoms with Crippen LogP contribution in [-0.2, 0) is 4.79 Å². The van der Waals surface area contributed by atoms with Gasteiger partial charge in [-0.05, 0) is 12.5 Å². The topological polar surface area (TPSA) is 37.3 Å². The number of carboxylic acid groups (broad SMARTS) is 1. The molecule has 0 atom stereocenters. The summed E-state index contributed by atoms with van der Waals surface area (Å²) in [5.74, 6) is -0.823. The molecule has 0 radical (unpaired) electrons. The van der Waals surface area contributed by atoms with Crippen molar-refractivity contribution >= 4 is 5.97 Å². The van der Waals surface area contributed by atoms with E-state index in [1.54, 1.807) is 24.3 Å². The summed E-state index contributed by atoms with van der Waals surface area (Å²) in [4.78, 5) is 10.3. The van der Waals surface area contributed by atoms with Crippen molar-refractivity contribution in [1.29, 1.82) is 0 Å². The van der Waals surface area contributed by atoms with E-state index in [0.29, 0.717) is 0 Å². The van der Waals surface area contributed by atoms with Gasteiger partial charge in [-0.15, -0.1) is 0 Å². The van der Waals surface area contributed by atoms with Gasteiger partial charge in [-0.25, -0.2) is 0 Å². The van der Waals surface area contributed by atoms with Crippen molar-refractivity contribution in [1.82, 2.24) is 0 Å². The second kappa shape index (κ2) is 5.47. The maximum Gasteiger partial charge on any atom is 0.307 e. The molecule has 0 unspecified atom stereocenters. The zero-order chi connectivity index (χ0) is 8.69. The average molecular weight is 152 g/mol. The Labute approximate surface area is 66.5 Å². The predicted molar refractivity (Wildman–Crippen MR) is 45.3 cm³/mol. The first-order valence-corrected chi connectivity index (χ1v) is 3.36. The van der Waals surface area contributed by atoms with Gasteiger partial charge in [-0.2, -0.15) is 0 Å². The smallest absolute Gasteiger partial charge is 0.307 e. The third-order valence-corrected chi connectivity index (χ3v) is 1.07. The van der Waals surface area contributed by atoms with Crippen molar-refractivity contribution in [2.45, 2.75) is 13.3 Å². The Balaban J connectivity index is 4.22. The van der Waals surface area contributed by atoms with Gasteiger partial charge in [0.2, 0.25) is 0 Å². The molecule has 0 aromatic carbocycles. The van der Waals surface area contributed by atoms with Crippen LogP contribution in [0.5, 0.6) is 0 Å². The minimum Gasteiger partial charge on any atom is -0.481 e. The molecule has 2 heteroatoms. The maximum atomic E-state index is 10.3. The Kier molecular flexibility index (Phi) is 4.82. The quantitative estimate of drug-likeness (QED) is 0.627. The van der Waals surface area contributed by atoms with E-state index in [-0.39, 0.29) is 6.42 Å². The monoisotopic (exact) mass is 152 g/mol. The molecule has 0 bridgehead atoms. The Morgan fingerprint density at radius 3 is 2.64 bits per heavy atom. The van der Waals surface area contributed by atoms with Crippen LogP contribution in [0.25, 0.3) is 0 Å². The molecule has 0 aliphatic rings. The van der Waals surface area contributed by atoms with E-state index in [2.05, 4.69) is 6.58 Å². The number of aliphatic carboxylic acids is 1. The molecule has 1 N–H and O–H groups in total. The van der Waals surface area contributed by atoms with Gasteiger partial charge in [0.15, 0.2) is 0 Å². The van der Waals surface area contributed by atoms with Crippen LogP contribution in [0.4, 0.5) is 0 Å². The summed E-state index contributed by atoms with van der Waals surface area (Å²) in [5.41, 5.74) is 0.759. The van der Waals surface area contributed by atoms with Crippen molar-refractivity contribution in [2.24, 2.45) is 0 Å². The third-order valence-electron chi connectivity index (χ3n) is 1.07. The van der Waals surface area contributed by atoms with E-state index in [1.807, 2.05) is 6.92 Å². The van der Waals surface area contributed by atoms with Gasteiger partial charge in [-0.3, -0.25) is 4.79 Å². The molecule has 0 aromatic rings. The summed E-state index contributed by atoms with van der Waals surface area (Å²) in [7, 11) is 0. The summed E-state index contributed by atoms with van der Waals surface area (Å²) in [5, 5.41) is 8.43. The number of carboxylic acids is 1. The van der Waals surface area contributed by atoms with Crippen LogP contribution >= 0.6 is 0 Å². The van der Waals surface area contributed by atoms with E-state index in [1.165, 1.54) is 0 Å². The Hall–Kier alpha value is -1.31. The lowest BCUT2D eigenvalue weighted by Crippen LogP contribution is -1.94. The van der Waals surface area contributed by atoms with Gasteiger partial charge in [0.05, 0.1) is 6.42 Å². The number of hydrogen-bond donors (Lipinski definition) is 1. The lowest BCUT2D eigenvalue weighted by Gasteiger charge is -1.93. The normalized spacial score (nSPS) is 11.9. The second-order valence-corrected chi connectivity index (χ2v) is 2.05. The number of carbonyl (C=O) groups is 1. The first-order valence-electron chi connectivity index (χ1n) is 3.36. The fourth-order valence-corrected chi connectivity index (χ4v) is 0.713. The largest absolute Gasteiger partial charge is 0.481 e. The van der Waals surface area contributed by atoms with Crippen molar-refractivity contribution in [3.63, 3.8) is 0 Å². The minimum absolute atomic E-state index is 0.0519. The zero-order valence-corrected chi connectivity index (χ0v) is 6.58. The summed E-state index contributed by atoms with van der Waals surface area (Å²) < 4.78 is 0. The van der Waals surface area contributed by atoms with Crippen molar-refractivity contribution in [3.8, 4) is 0 Å². The molecular weight excluding hydrogens is 140 g/mol. The maximum absolute atomic E-state index is 10.3. The summed E-state index contributed by atoms with van der Waals surface area (Å²) in [6.07, 6.45) is 6.89. The van der Waals surface area contributed by atoms with Gasteiger partial charge in [0.25, 0.3) is 0 Å². The molecular formula is C9H12O2.